The van der Waals surface area contributed by atoms with Crippen molar-refractivity contribution < 1.29 is 17.9 Å². The summed E-state index contributed by atoms with van der Waals surface area (Å²) in [7, 11) is -2.42. The van der Waals surface area contributed by atoms with Crippen molar-refractivity contribution in [3.63, 3.8) is 0 Å². The van der Waals surface area contributed by atoms with Gasteiger partial charge in [-0.25, -0.2) is 17.9 Å². The van der Waals surface area contributed by atoms with Gasteiger partial charge in [-0.3, -0.25) is 0 Å². The summed E-state index contributed by atoms with van der Waals surface area (Å²) in [6, 6.07) is 4.40. The highest BCUT2D eigenvalue weighted by atomic mass is 35.5. The molecule has 0 aliphatic heterocycles. The molecule has 0 spiro atoms. The Bertz CT molecular complexity index is 723. The van der Waals surface area contributed by atoms with Crippen LogP contribution in [0.3, 0.4) is 0 Å². The molecule has 25 heavy (non-hydrogen) atoms. The van der Waals surface area contributed by atoms with Gasteiger partial charge < -0.3 is 10.5 Å². The fourth-order valence-corrected chi connectivity index (χ4v) is 5.00. The maximum absolute atomic E-state index is 12.8. The first-order valence-electron chi connectivity index (χ1n) is 8.19. The molecule has 0 radical (unpaired) electrons. The molecule has 0 amide bonds. The minimum absolute atomic E-state index is 0. The van der Waals surface area contributed by atoms with Gasteiger partial charge >= 0.3 is 5.97 Å². The third-order valence-electron chi connectivity index (χ3n) is 5.07. The largest absolute Gasteiger partial charge is 0.465 e. The first kappa shape index (κ1) is 21.9. The third-order valence-corrected chi connectivity index (χ3v) is 6.62. The summed E-state index contributed by atoms with van der Waals surface area (Å²) in [6.45, 7) is 4.00. The molecule has 1 saturated carbocycles. The van der Waals surface area contributed by atoms with Gasteiger partial charge in [-0.2, -0.15) is 0 Å². The molecule has 1 aromatic rings. The second kappa shape index (κ2) is 8.49. The highest BCUT2D eigenvalue weighted by Crippen LogP contribution is 2.34. The van der Waals surface area contributed by atoms with Crippen LogP contribution in [0.5, 0.6) is 0 Å². The van der Waals surface area contributed by atoms with Crippen LogP contribution in [-0.4, -0.2) is 33.6 Å². The van der Waals surface area contributed by atoms with Gasteiger partial charge in [-0.1, -0.05) is 19.8 Å². The van der Waals surface area contributed by atoms with E-state index in [9.17, 15) is 13.2 Å². The molecule has 0 saturated heterocycles. The summed E-state index contributed by atoms with van der Waals surface area (Å²) in [6.07, 6.45) is 3.76. The van der Waals surface area contributed by atoms with Crippen LogP contribution in [0, 0.1) is 12.8 Å². The number of halogens is 1. The Hall–Kier alpha value is -1.15. The SMILES string of the molecule is COC(=O)c1ccc(S(=O)(=O)NC2(CN)CCCCC2C)cc1C.Cl. The molecule has 1 aliphatic rings. The number of aryl methyl sites for hydroxylation is 1. The van der Waals surface area contributed by atoms with Gasteiger partial charge in [-0.05, 0) is 49.4 Å². The standard InChI is InChI=1S/C17H26N2O4S.ClH/c1-12-10-14(7-8-15(12)16(20)23-3)24(21,22)19-17(11-18)9-5-4-6-13(17)2;/h7-8,10,13,19H,4-6,9,11,18H2,1-3H3;1H. The summed E-state index contributed by atoms with van der Waals surface area (Å²) in [5.74, 6) is -0.301. The Morgan fingerprint density at radius 2 is 2.08 bits per heavy atom. The zero-order valence-electron chi connectivity index (χ0n) is 14.9. The molecular formula is C17H27ClN2O4S. The van der Waals surface area contributed by atoms with Crippen molar-refractivity contribution in [1.82, 2.24) is 4.72 Å². The van der Waals surface area contributed by atoms with E-state index in [4.69, 9.17) is 10.5 Å². The molecule has 2 atom stereocenters. The maximum Gasteiger partial charge on any atom is 0.338 e. The number of esters is 1. The van der Waals surface area contributed by atoms with Crippen molar-refractivity contribution >= 4 is 28.4 Å². The van der Waals surface area contributed by atoms with Crippen molar-refractivity contribution in [3.8, 4) is 0 Å². The Morgan fingerprint density at radius 1 is 1.40 bits per heavy atom. The zero-order valence-corrected chi connectivity index (χ0v) is 16.5. The summed E-state index contributed by atoms with van der Waals surface area (Å²) in [4.78, 5) is 11.8. The average Bonchev–Trinajstić information content (AvgIpc) is 2.56. The van der Waals surface area contributed by atoms with Crippen LogP contribution >= 0.6 is 12.4 Å². The molecule has 142 valence electrons. The Labute approximate surface area is 156 Å². The normalized spacial score (nSPS) is 23.6. The van der Waals surface area contributed by atoms with Gasteiger partial charge in [0.05, 0.1) is 17.6 Å². The predicted octanol–water partition coefficient (Wildman–Crippen LogP) is 2.39. The number of methoxy groups -OCH3 is 1. The Kier molecular flexibility index (Phi) is 7.43. The van der Waals surface area contributed by atoms with Crippen LogP contribution in [-0.2, 0) is 14.8 Å². The van der Waals surface area contributed by atoms with Crippen molar-refractivity contribution in [3.05, 3.63) is 29.3 Å². The van der Waals surface area contributed by atoms with E-state index >= 15 is 0 Å². The molecule has 8 heteroatoms. The topological polar surface area (TPSA) is 98.5 Å². The van der Waals surface area contributed by atoms with E-state index < -0.39 is 21.5 Å². The number of hydrogen-bond donors (Lipinski definition) is 2. The van der Waals surface area contributed by atoms with Crippen LogP contribution < -0.4 is 10.5 Å². The van der Waals surface area contributed by atoms with E-state index in [0.29, 0.717) is 11.1 Å². The Balaban J connectivity index is 0.00000312. The molecule has 1 aromatic carbocycles. The van der Waals surface area contributed by atoms with Crippen LogP contribution in [0.1, 0.15) is 48.5 Å². The molecular weight excluding hydrogens is 364 g/mol. The summed E-state index contributed by atoms with van der Waals surface area (Å²) < 4.78 is 33.2. The number of rotatable bonds is 5. The van der Waals surface area contributed by atoms with E-state index in [-0.39, 0.29) is 29.8 Å². The van der Waals surface area contributed by atoms with Crippen LogP contribution in [0.4, 0.5) is 0 Å². The number of carbonyl (C=O) groups excluding carboxylic acids is 1. The number of ether oxygens (including phenoxy) is 1. The third kappa shape index (κ3) is 4.53. The fourth-order valence-electron chi connectivity index (χ4n) is 3.38. The molecule has 0 heterocycles. The minimum atomic E-state index is -3.72. The number of nitrogens with two attached hydrogens (primary N) is 1. The lowest BCUT2D eigenvalue weighted by atomic mass is 9.74. The maximum atomic E-state index is 12.8. The van der Waals surface area contributed by atoms with Crippen LogP contribution in [0.25, 0.3) is 0 Å². The van der Waals surface area contributed by atoms with Gasteiger partial charge in [0.15, 0.2) is 0 Å². The first-order valence-corrected chi connectivity index (χ1v) is 9.67. The van der Waals surface area contributed by atoms with Crippen LogP contribution in [0.2, 0.25) is 0 Å². The minimum Gasteiger partial charge on any atom is -0.465 e. The number of benzene rings is 1. The molecule has 1 aliphatic carbocycles. The summed E-state index contributed by atoms with van der Waals surface area (Å²) >= 11 is 0. The Morgan fingerprint density at radius 3 is 2.60 bits per heavy atom. The van der Waals surface area contributed by atoms with Crippen molar-refractivity contribution in [1.29, 1.82) is 0 Å². The molecule has 0 bridgehead atoms. The van der Waals surface area contributed by atoms with Crippen LogP contribution in [0.15, 0.2) is 23.1 Å². The molecule has 0 aromatic heterocycles. The second-order valence-electron chi connectivity index (χ2n) is 6.58. The monoisotopic (exact) mass is 390 g/mol. The number of carbonyl (C=O) groups is 1. The zero-order chi connectivity index (χ0) is 18.0. The van der Waals surface area contributed by atoms with Gasteiger partial charge in [0.25, 0.3) is 0 Å². The smallest absolute Gasteiger partial charge is 0.338 e. The lowest BCUT2D eigenvalue weighted by molar-refractivity contribution is 0.0600. The molecule has 1 fully saturated rings. The number of hydrogen-bond acceptors (Lipinski definition) is 5. The first-order chi connectivity index (χ1) is 11.3. The predicted molar refractivity (Wildman–Crippen MR) is 99.5 cm³/mol. The van der Waals surface area contributed by atoms with E-state index in [2.05, 4.69) is 4.72 Å². The highest BCUT2D eigenvalue weighted by Gasteiger charge is 2.40. The van der Waals surface area contributed by atoms with Crippen molar-refractivity contribution in [2.45, 2.75) is 50.0 Å². The highest BCUT2D eigenvalue weighted by molar-refractivity contribution is 7.89. The van der Waals surface area contributed by atoms with Crippen molar-refractivity contribution in [2.75, 3.05) is 13.7 Å². The van der Waals surface area contributed by atoms with Gasteiger partial charge in [0.1, 0.15) is 0 Å². The average molecular weight is 391 g/mol. The van der Waals surface area contributed by atoms with Gasteiger partial charge in [-0.15, -0.1) is 12.4 Å². The number of nitrogens with one attached hydrogen (secondary N) is 1. The number of sulfonamides is 1. The molecule has 6 nitrogen and oxygen atoms in total. The summed E-state index contributed by atoms with van der Waals surface area (Å²) in [5, 5.41) is 0. The van der Waals surface area contributed by atoms with Crippen molar-refractivity contribution in [2.24, 2.45) is 11.7 Å². The van der Waals surface area contributed by atoms with Gasteiger partial charge in [0, 0.05) is 12.1 Å². The lowest BCUT2D eigenvalue weighted by Gasteiger charge is -2.42. The lowest BCUT2D eigenvalue weighted by Crippen LogP contribution is -2.58. The van der Waals surface area contributed by atoms with E-state index in [1.165, 1.54) is 25.3 Å². The van der Waals surface area contributed by atoms with E-state index in [0.717, 1.165) is 25.7 Å². The van der Waals surface area contributed by atoms with E-state index in [1.54, 1.807) is 6.92 Å². The quantitative estimate of drug-likeness (QED) is 0.752. The summed E-state index contributed by atoms with van der Waals surface area (Å²) in [5.41, 5.74) is 6.25. The second-order valence-corrected chi connectivity index (χ2v) is 8.26. The van der Waals surface area contributed by atoms with Gasteiger partial charge in [0.2, 0.25) is 10.0 Å². The molecule has 2 rings (SSSR count). The molecule has 2 unspecified atom stereocenters. The van der Waals surface area contributed by atoms with E-state index in [1.807, 2.05) is 6.92 Å². The fraction of sp³-hybridized carbons (Fsp3) is 0.588. The molecule has 3 N–H and O–H groups in total.